The third-order valence-electron chi connectivity index (χ3n) is 4.98. The van der Waals surface area contributed by atoms with Crippen molar-refractivity contribution in [3.8, 4) is 0 Å². The van der Waals surface area contributed by atoms with Crippen molar-refractivity contribution in [3.63, 3.8) is 0 Å². The number of nitrogens with zero attached hydrogens (tertiary/aromatic N) is 2. The van der Waals surface area contributed by atoms with E-state index >= 15 is 0 Å². The molecule has 1 heterocycles. The van der Waals surface area contributed by atoms with Crippen molar-refractivity contribution in [3.05, 3.63) is 29.8 Å². The summed E-state index contributed by atoms with van der Waals surface area (Å²) in [7, 11) is -0.581. The van der Waals surface area contributed by atoms with Crippen LogP contribution in [0.25, 0.3) is 0 Å². The smallest absolute Gasteiger partial charge is 0.224 e. The van der Waals surface area contributed by atoms with Crippen LogP contribution < -0.4 is 5.32 Å². The van der Waals surface area contributed by atoms with Crippen LogP contribution in [-0.2, 0) is 26.0 Å². The van der Waals surface area contributed by atoms with Gasteiger partial charge >= 0.3 is 0 Å². The molecule has 2 amide bonds. The molecule has 0 aliphatic carbocycles. The number of carbonyl (C=O) groups excluding carboxylic acids is 2. The third-order valence-corrected chi connectivity index (χ3v) is 6.94. The second-order valence-electron chi connectivity index (χ2n) is 7.25. The quantitative estimate of drug-likeness (QED) is 0.654. The zero-order valence-corrected chi connectivity index (χ0v) is 17.4. The Hall–Kier alpha value is -1.97. The number of anilines is 1. The van der Waals surface area contributed by atoms with Crippen LogP contribution in [0.5, 0.6) is 0 Å². The van der Waals surface area contributed by atoms with Gasteiger partial charge in [0.15, 0.2) is 0 Å². The van der Waals surface area contributed by atoms with E-state index < -0.39 is 22.0 Å². The van der Waals surface area contributed by atoms with E-state index in [0.717, 1.165) is 22.0 Å². The molecular weight excluding hydrogens is 382 g/mol. The molecule has 1 aliphatic rings. The SMILES string of the molecule is CCc1ccccc1NC(=O)CCC(=O)N1CC(O)C(CS(=O)(=O)N(C)C)C1. The van der Waals surface area contributed by atoms with E-state index in [4.69, 9.17) is 0 Å². The van der Waals surface area contributed by atoms with E-state index in [1.807, 2.05) is 31.2 Å². The van der Waals surface area contributed by atoms with Gasteiger partial charge in [-0.2, -0.15) is 0 Å². The largest absolute Gasteiger partial charge is 0.391 e. The van der Waals surface area contributed by atoms with E-state index in [0.29, 0.717) is 0 Å². The van der Waals surface area contributed by atoms with E-state index in [2.05, 4.69) is 5.32 Å². The maximum Gasteiger partial charge on any atom is 0.224 e. The lowest BCUT2D eigenvalue weighted by Crippen LogP contribution is -2.33. The number of sulfonamides is 1. The third kappa shape index (κ3) is 5.76. The van der Waals surface area contributed by atoms with Gasteiger partial charge in [-0.3, -0.25) is 9.59 Å². The van der Waals surface area contributed by atoms with Gasteiger partial charge in [-0.05, 0) is 18.1 Å². The molecule has 1 aromatic carbocycles. The van der Waals surface area contributed by atoms with Gasteiger partial charge in [0.1, 0.15) is 0 Å². The Labute approximate surface area is 166 Å². The van der Waals surface area contributed by atoms with Gasteiger partial charge in [-0.1, -0.05) is 25.1 Å². The molecule has 1 aliphatic heterocycles. The van der Waals surface area contributed by atoms with Gasteiger partial charge in [-0.15, -0.1) is 0 Å². The molecule has 0 radical (unpaired) electrons. The highest BCUT2D eigenvalue weighted by atomic mass is 32.2. The molecule has 2 unspecified atom stereocenters. The Morgan fingerprint density at radius 3 is 2.54 bits per heavy atom. The van der Waals surface area contributed by atoms with Crippen LogP contribution in [0.4, 0.5) is 5.69 Å². The molecule has 2 rings (SSSR count). The zero-order valence-electron chi connectivity index (χ0n) is 16.6. The molecule has 28 heavy (non-hydrogen) atoms. The number of aryl methyl sites for hydroxylation is 1. The van der Waals surface area contributed by atoms with Crippen molar-refractivity contribution in [2.75, 3.05) is 38.3 Å². The average molecular weight is 412 g/mol. The number of likely N-dealkylation sites (tertiary alicyclic amines) is 1. The van der Waals surface area contributed by atoms with Crippen LogP contribution in [0, 0.1) is 5.92 Å². The maximum absolute atomic E-state index is 12.4. The average Bonchev–Trinajstić information content (AvgIpc) is 3.00. The number of amides is 2. The van der Waals surface area contributed by atoms with Crippen molar-refractivity contribution >= 4 is 27.5 Å². The summed E-state index contributed by atoms with van der Waals surface area (Å²) in [5.74, 6) is -1.25. The number of β-amino-alcohol motifs (C(OH)–C–C–N with tert-alkyl or cyclic N) is 1. The van der Waals surface area contributed by atoms with Crippen molar-refractivity contribution in [1.29, 1.82) is 0 Å². The van der Waals surface area contributed by atoms with Gasteiger partial charge in [-0.25, -0.2) is 12.7 Å². The van der Waals surface area contributed by atoms with E-state index in [1.54, 1.807) is 0 Å². The number of aliphatic hydroxyl groups is 1. The number of benzene rings is 1. The molecule has 1 saturated heterocycles. The van der Waals surface area contributed by atoms with Crippen molar-refractivity contribution in [1.82, 2.24) is 9.21 Å². The first-order valence-corrected chi connectivity index (χ1v) is 11.0. The normalized spacial score (nSPS) is 19.8. The first-order valence-electron chi connectivity index (χ1n) is 9.37. The summed E-state index contributed by atoms with van der Waals surface area (Å²) in [6.07, 6.45) is -0.0495. The molecule has 9 heteroatoms. The van der Waals surface area contributed by atoms with Crippen molar-refractivity contribution < 1.29 is 23.1 Å². The lowest BCUT2D eigenvalue weighted by molar-refractivity contribution is -0.132. The van der Waals surface area contributed by atoms with Gasteiger partial charge in [0.2, 0.25) is 21.8 Å². The number of rotatable bonds is 8. The molecule has 156 valence electrons. The Morgan fingerprint density at radius 2 is 1.89 bits per heavy atom. The summed E-state index contributed by atoms with van der Waals surface area (Å²) in [4.78, 5) is 26.0. The second-order valence-corrected chi connectivity index (χ2v) is 9.47. The van der Waals surface area contributed by atoms with Gasteiger partial charge in [0.25, 0.3) is 0 Å². The summed E-state index contributed by atoms with van der Waals surface area (Å²) < 4.78 is 25.1. The molecule has 0 spiro atoms. The topological polar surface area (TPSA) is 107 Å². The monoisotopic (exact) mass is 411 g/mol. The molecule has 0 saturated carbocycles. The molecule has 1 fully saturated rings. The predicted molar refractivity (Wildman–Crippen MR) is 107 cm³/mol. The first-order chi connectivity index (χ1) is 13.1. The highest BCUT2D eigenvalue weighted by molar-refractivity contribution is 7.89. The van der Waals surface area contributed by atoms with Gasteiger partial charge in [0, 0.05) is 51.6 Å². The summed E-state index contributed by atoms with van der Waals surface area (Å²) in [6.45, 7) is 2.26. The van der Waals surface area contributed by atoms with E-state index in [-0.39, 0.29) is 43.5 Å². The number of hydrogen-bond acceptors (Lipinski definition) is 5. The molecule has 2 N–H and O–H groups in total. The minimum Gasteiger partial charge on any atom is -0.391 e. The highest BCUT2D eigenvalue weighted by Crippen LogP contribution is 2.21. The number of nitrogens with one attached hydrogen (secondary N) is 1. The Kier molecular flexibility index (Phi) is 7.56. The minimum atomic E-state index is -3.46. The standard InChI is InChI=1S/C19H29N3O5S/c1-4-14-7-5-6-8-16(14)20-18(24)9-10-19(25)22-11-15(17(23)12-22)13-28(26,27)21(2)3/h5-8,15,17,23H,4,9-13H2,1-3H3,(H,20,24). The fourth-order valence-corrected chi connectivity index (χ4v) is 4.35. The molecule has 1 aromatic rings. The first kappa shape index (κ1) is 22.3. The van der Waals surface area contributed by atoms with Gasteiger partial charge in [0.05, 0.1) is 11.9 Å². The van der Waals surface area contributed by atoms with Gasteiger partial charge < -0.3 is 15.3 Å². The van der Waals surface area contributed by atoms with Crippen molar-refractivity contribution in [2.24, 2.45) is 5.92 Å². The summed E-state index contributed by atoms with van der Waals surface area (Å²) in [5, 5.41) is 13.0. The predicted octanol–water partition coefficient (Wildman–Crippen LogP) is 0.678. The number of carbonyl (C=O) groups is 2. The van der Waals surface area contributed by atoms with Crippen LogP contribution in [-0.4, -0.2) is 73.6 Å². The van der Waals surface area contributed by atoms with Crippen LogP contribution in [0.1, 0.15) is 25.3 Å². The lowest BCUT2D eigenvalue weighted by Gasteiger charge is -2.18. The summed E-state index contributed by atoms with van der Waals surface area (Å²) in [6, 6.07) is 7.51. The van der Waals surface area contributed by atoms with Crippen molar-refractivity contribution in [2.45, 2.75) is 32.3 Å². The van der Waals surface area contributed by atoms with Crippen LogP contribution in [0.2, 0.25) is 0 Å². The fourth-order valence-electron chi connectivity index (χ4n) is 3.18. The molecule has 2 atom stereocenters. The Morgan fingerprint density at radius 1 is 1.21 bits per heavy atom. The number of aliphatic hydroxyl groups excluding tert-OH is 1. The van der Waals surface area contributed by atoms with Crippen LogP contribution in [0.15, 0.2) is 24.3 Å². The molecule has 0 aromatic heterocycles. The van der Waals surface area contributed by atoms with Crippen LogP contribution >= 0.6 is 0 Å². The summed E-state index contributed by atoms with van der Waals surface area (Å²) >= 11 is 0. The number of para-hydroxylation sites is 1. The fraction of sp³-hybridized carbons (Fsp3) is 0.579. The maximum atomic E-state index is 12.4. The Bertz CT molecular complexity index is 810. The zero-order chi connectivity index (χ0) is 20.9. The van der Waals surface area contributed by atoms with Crippen LogP contribution in [0.3, 0.4) is 0 Å². The summed E-state index contributed by atoms with van der Waals surface area (Å²) in [5.41, 5.74) is 1.77. The number of hydrogen-bond donors (Lipinski definition) is 2. The minimum absolute atomic E-state index is 0.0139. The highest BCUT2D eigenvalue weighted by Gasteiger charge is 2.37. The molecule has 8 nitrogen and oxygen atoms in total. The molecule has 0 bridgehead atoms. The second kappa shape index (κ2) is 9.49. The van der Waals surface area contributed by atoms with E-state index in [9.17, 15) is 23.1 Å². The Balaban J connectivity index is 1.85. The van der Waals surface area contributed by atoms with E-state index in [1.165, 1.54) is 19.0 Å². The lowest BCUT2D eigenvalue weighted by atomic mass is 10.1. The molecular formula is C19H29N3O5S.